The van der Waals surface area contributed by atoms with E-state index in [9.17, 15) is 0 Å². The molecule has 1 saturated carbocycles. The first-order chi connectivity index (χ1) is 5.33. The van der Waals surface area contributed by atoms with Crippen LogP contribution in [0, 0.1) is 17.8 Å². The molecule has 3 aliphatic heterocycles. The fraction of sp³-hybridized carbons (Fsp3) is 1.00. The van der Waals surface area contributed by atoms with Gasteiger partial charge in [-0.05, 0) is 43.9 Å². The van der Waals surface area contributed by atoms with Crippen LogP contribution in [0.1, 0.15) is 26.2 Å². The second kappa shape index (κ2) is 2.01. The third-order valence-corrected chi connectivity index (χ3v) is 4.18. The quantitative estimate of drug-likeness (QED) is 0.509. The molecule has 11 heavy (non-hydrogen) atoms. The number of piperidine rings is 3. The summed E-state index contributed by atoms with van der Waals surface area (Å²) in [6.45, 7) is 5.28. The van der Waals surface area contributed by atoms with Gasteiger partial charge in [-0.3, -0.25) is 4.90 Å². The topological polar surface area (TPSA) is 3.24 Å². The van der Waals surface area contributed by atoms with Crippen molar-refractivity contribution in [2.45, 2.75) is 32.2 Å². The monoisotopic (exact) mass is 151 g/mol. The molecule has 4 bridgehead atoms. The molecule has 1 aliphatic carbocycles. The number of hydrogen-bond donors (Lipinski definition) is 0. The van der Waals surface area contributed by atoms with Gasteiger partial charge in [0.25, 0.3) is 0 Å². The van der Waals surface area contributed by atoms with Crippen molar-refractivity contribution in [3.8, 4) is 0 Å². The zero-order valence-corrected chi connectivity index (χ0v) is 7.29. The molecule has 0 radical (unpaired) electrons. The van der Waals surface area contributed by atoms with Crippen molar-refractivity contribution in [3.05, 3.63) is 0 Å². The third-order valence-electron chi connectivity index (χ3n) is 4.18. The van der Waals surface area contributed by atoms with E-state index in [0.29, 0.717) is 0 Å². The normalized spacial score (nSPS) is 60.3. The lowest BCUT2D eigenvalue weighted by molar-refractivity contribution is -0.0572. The van der Waals surface area contributed by atoms with Gasteiger partial charge in [-0.15, -0.1) is 0 Å². The van der Waals surface area contributed by atoms with E-state index in [0.717, 1.165) is 23.8 Å². The van der Waals surface area contributed by atoms with Crippen LogP contribution in [0.4, 0.5) is 0 Å². The third kappa shape index (κ3) is 0.807. The van der Waals surface area contributed by atoms with Crippen molar-refractivity contribution >= 4 is 0 Å². The maximum Gasteiger partial charge on any atom is 0.00956 e. The molecule has 4 rings (SSSR count). The van der Waals surface area contributed by atoms with Gasteiger partial charge in [-0.25, -0.2) is 0 Å². The second-order valence-corrected chi connectivity index (χ2v) is 4.89. The minimum Gasteiger partial charge on any atom is -0.300 e. The minimum atomic E-state index is 0.919. The molecule has 4 aliphatic rings. The first-order valence-corrected chi connectivity index (χ1v) is 5.07. The summed E-state index contributed by atoms with van der Waals surface area (Å²) >= 11 is 0. The van der Waals surface area contributed by atoms with E-state index in [1.165, 1.54) is 13.1 Å². The Hall–Kier alpha value is -0.0400. The highest BCUT2D eigenvalue weighted by molar-refractivity contribution is 4.97. The molecule has 0 spiro atoms. The molecule has 3 saturated heterocycles. The van der Waals surface area contributed by atoms with Crippen molar-refractivity contribution in [2.24, 2.45) is 17.8 Å². The summed E-state index contributed by atoms with van der Waals surface area (Å²) in [6.07, 6.45) is 4.65. The summed E-state index contributed by atoms with van der Waals surface area (Å²) in [6, 6.07) is 0.919. The van der Waals surface area contributed by atoms with Crippen LogP contribution in [0.2, 0.25) is 0 Å². The molecule has 1 heteroatoms. The predicted molar refractivity (Wildman–Crippen MR) is 45.4 cm³/mol. The fourth-order valence-electron chi connectivity index (χ4n) is 3.68. The highest BCUT2D eigenvalue weighted by Gasteiger charge is 2.44. The molecular formula is C10H17N. The smallest absolute Gasteiger partial charge is 0.00956 e. The highest BCUT2D eigenvalue weighted by Crippen LogP contribution is 2.46. The van der Waals surface area contributed by atoms with Crippen LogP contribution in [-0.4, -0.2) is 24.0 Å². The molecule has 0 aromatic rings. The largest absolute Gasteiger partial charge is 0.300 e. The van der Waals surface area contributed by atoms with E-state index < -0.39 is 0 Å². The van der Waals surface area contributed by atoms with Gasteiger partial charge >= 0.3 is 0 Å². The number of nitrogens with zero attached hydrogens (tertiary/aromatic N) is 1. The summed E-state index contributed by atoms with van der Waals surface area (Å²) in [5.41, 5.74) is 0. The van der Waals surface area contributed by atoms with Crippen LogP contribution in [0.15, 0.2) is 0 Å². The lowest BCUT2D eigenvalue weighted by Gasteiger charge is -2.55. The van der Waals surface area contributed by atoms with Crippen LogP contribution >= 0.6 is 0 Å². The SMILES string of the molecule is CC1C2CC3CC(C2)CN1C3. The van der Waals surface area contributed by atoms with Gasteiger partial charge in [0.1, 0.15) is 0 Å². The maximum atomic E-state index is 2.73. The fourth-order valence-corrected chi connectivity index (χ4v) is 3.68. The van der Waals surface area contributed by atoms with Crippen molar-refractivity contribution in [3.63, 3.8) is 0 Å². The van der Waals surface area contributed by atoms with Gasteiger partial charge in [0.15, 0.2) is 0 Å². The lowest BCUT2D eigenvalue weighted by atomic mass is 9.65. The Morgan fingerprint density at radius 1 is 1.00 bits per heavy atom. The Morgan fingerprint density at radius 3 is 2.18 bits per heavy atom. The first kappa shape index (κ1) is 6.47. The van der Waals surface area contributed by atoms with Gasteiger partial charge in [0, 0.05) is 19.1 Å². The molecule has 0 N–H and O–H groups in total. The Bertz CT molecular complexity index is 148. The molecule has 1 nitrogen and oxygen atoms in total. The Balaban J connectivity index is 1.91. The zero-order chi connectivity index (χ0) is 7.42. The molecular weight excluding hydrogens is 134 g/mol. The minimum absolute atomic E-state index is 0.919. The van der Waals surface area contributed by atoms with E-state index in [-0.39, 0.29) is 0 Å². The first-order valence-electron chi connectivity index (χ1n) is 5.07. The Labute approximate surface area is 68.8 Å². The average Bonchev–Trinajstić information content (AvgIpc) is 1.98. The van der Waals surface area contributed by atoms with Gasteiger partial charge in [0.2, 0.25) is 0 Å². The van der Waals surface area contributed by atoms with Crippen LogP contribution in [-0.2, 0) is 0 Å². The zero-order valence-electron chi connectivity index (χ0n) is 7.29. The molecule has 3 unspecified atom stereocenters. The highest BCUT2D eigenvalue weighted by atomic mass is 15.2. The van der Waals surface area contributed by atoms with Crippen LogP contribution in [0.3, 0.4) is 0 Å². The van der Waals surface area contributed by atoms with E-state index >= 15 is 0 Å². The second-order valence-electron chi connectivity index (χ2n) is 4.89. The molecule has 0 aromatic heterocycles. The molecule has 3 heterocycles. The van der Waals surface area contributed by atoms with Crippen LogP contribution in [0.5, 0.6) is 0 Å². The summed E-state index contributed by atoms with van der Waals surface area (Å²) in [7, 11) is 0. The summed E-state index contributed by atoms with van der Waals surface area (Å²) in [5.74, 6) is 3.24. The average molecular weight is 151 g/mol. The maximum absolute atomic E-state index is 2.73. The molecule has 62 valence electrons. The van der Waals surface area contributed by atoms with Crippen LogP contribution < -0.4 is 0 Å². The predicted octanol–water partition coefficient (Wildman–Crippen LogP) is 1.74. The molecule has 3 atom stereocenters. The lowest BCUT2D eigenvalue weighted by Crippen LogP contribution is -2.58. The van der Waals surface area contributed by atoms with Gasteiger partial charge in [-0.2, -0.15) is 0 Å². The molecule has 4 fully saturated rings. The van der Waals surface area contributed by atoms with E-state index in [4.69, 9.17) is 0 Å². The molecule has 0 amide bonds. The number of rotatable bonds is 0. The van der Waals surface area contributed by atoms with Crippen molar-refractivity contribution in [2.75, 3.05) is 13.1 Å². The Morgan fingerprint density at radius 2 is 1.64 bits per heavy atom. The van der Waals surface area contributed by atoms with Crippen molar-refractivity contribution in [1.82, 2.24) is 4.90 Å². The molecule has 0 aromatic carbocycles. The summed E-state index contributed by atoms with van der Waals surface area (Å²) < 4.78 is 0. The standard InChI is InChI=1S/C10H17N/c1-7-10-3-8-2-9(4-10)6-11(7)5-8/h7-10H,2-6H2,1H3. The van der Waals surface area contributed by atoms with E-state index in [2.05, 4.69) is 11.8 Å². The van der Waals surface area contributed by atoms with Gasteiger partial charge < -0.3 is 0 Å². The van der Waals surface area contributed by atoms with Crippen LogP contribution in [0.25, 0.3) is 0 Å². The summed E-state index contributed by atoms with van der Waals surface area (Å²) in [4.78, 5) is 2.73. The van der Waals surface area contributed by atoms with Gasteiger partial charge in [-0.1, -0.05) is 0 Å². The van der Waals surface area contributed by atoms with Crippen molar-refractivity contribution < 1.29 is 0 Å². The van der Waals surface area contributed by atoms with Crippen molar-refractivity contribution in [1.29, 1.82) is 0 Å². The Kier molecular flexibility index (Phi) is 1.18. The number of hydrogen-bond acceptors (Lipinski definition) is 1. The van der Waals surface area contributed by atoms with E-state index in [1.807, 2.05) is 0 Å². The van der Waals surface area contributed by atoms with E-state index in [1.54, 1.807) is 19.3 Å². The van der Waals surface area contributed by atoms with Gasteiger partial charge in [0.05, 0.1) is 0 Å². The summed E-state index contributed by atoms with van der Waals surface area (Å²) in [5, 5.41) is 0.